The van der Waals surface area contributed by atoms with Gasteiger partial charge in [-0.25, -0.2) is 4.79 Å². The largest absolute Gasteiger partial charge is 0.460 e. The van der Waals surface area contributed by atoms with Gasteiger partial charge in [-0.15, -0.1) is 0 Å². The SMILES string of the molecule is CC(C)(C)OC(=O)N1CCC2(CC(=O)OC2CN)C1. The fourth-order valence-electron chi connectivity index (χ4n) is 2.81. The fourth-order valence-corrected chi connectivity index (χ4v) is 2.81. The van der Waals surface area contributed by atoms with E-state index in [1.807, 2.05) is 20.8 Å². The van der Waals surface area contributed by atoms with E-state index in [0.717, 1.165) is 6.42 Å². The summed E-state index contributed by atoms with van der Waals surface area (Å²) >= 11 is 0. The van der Waals surface area contributed by atoms with E-state index in [4.69, 9.17) is 15.2 Å². The predicted molar refractivity (Wildman–Crippen MR) is 68.4 cm³/mol. The van der Waals surface area contributed by atoms with Gasteiger partial charge in [-0.05, 0) is 27.2 Å². The third-order valence-electron chi connectivity index (χ3n) is 3.70. The van der Waals surface area contributed by atoms with Gasteiger partial charge in [-0.1, -0.05) is 0 Å². The number of esters is 1. The van der Waals surface area contributed by atoms with Gasteiger partial charge in [0.2, 0.25) is 0 Å². The Bertz CT molecular complexity index is 391. The second kappa shape index (κ2) is 4.67. The van der Waals surface area contributed by atoms with E-state index in [1.165, 1.54) is 0 Å². The van der Waals surface area contributed by atoms with Gasteiger partial charge in [0.05, 0.1) is 6.42 Å². The molecule has 108 valence electrons. The summed E-state index contributed by atoms with van der Waals surface area (Å²) in [5.41, 5.74) is 4.83. The van der Waals surface area contributed by atoms with Gasteiger partial charge in [-0.2, -0.15) is 0 Å². The average molecular weight is 270 g/mol. The molecular formula is C13H22N2O4. The van der Waals surface area contributed by atoms with Crippen molar-refractivity contribution in [3.63, 3.8) is 0 Å². The number of amides is 1. The van der Waals surface area contributed by atoms with Crippen molar-refractivity contribution >= 4 is 12.1 Å². The Morgan fingerprint density at radius 1 is 1.58 bits per heavy atom. The van der Waals surface area contributed by atoms with Gasteiger partial charge in [-0.3, -0.25) is 4.79 Å². The predicted octanol–water partition coefficient (Wildman–Crippen LogP) is 0.888. The molecule has 2 N–H and O–H groups in total. The summed E-state index contributed by atoms with van der Waals surface area (Å²) in [7, 11) is 0. The Hall–Kier alpha value is -1.30. The summed E-state index contributed by atoms with van der Waals surface area (Å²) < 4.78 is 10.6. The zero-order chi connectivity index (χ0) is 14.3. The molecule has 0 aromatic heterocycles. The van der Waals surface area contributed by atoms with Crippen molar-refractivity contribution < 1.29 is 19.1 Å². The number of cyclic esters (lactones) is 1. The Morgan fingerprint density at radius 3 is 2.84 bits per heavy atom. The zero-order valence-corrected chi connectivity index (χ0v) is 11.8. The third-order valence-corrected chi connectivity index (χ3v) is 3.70. The maximum atomic E-state index is 12.0. The van der Waals surface area contributed by atoms with Crippen molar-refractivity contribution in [2.75, 3.05) is 19.6 Å². The second-order valence-corrected chi connectivity index (χ2v) is 6.41. The molecule has 0 aliphatic carbocycles. The Balaban J connectivity index is 2.03. The van der Waals surface area contributed by atoms with E-state index in [0.29, 0.717) is 26.1 Å². The molecule has 0 bridgehead atoms. The monoisotopic (exact) mass is 270 g/mol. The van der Waals surface area contributed by atoms with Gasteiger partial charge < -0.3 is 20.1 Å². The highest BCUT2D eigenvalue weighted by atomic mass is 16.6. The minimum atomic E-state index is -0.512. The minimum Gasteiger partial charge on any atom is -0.460 e. The fraction of sp³-hybridized carbons (Fsp3) is 0.846. The first kappa shape index (κ1) is 14.1. The molecule has 0 aromatic carbocycles. The molecule has 2 aliphatic heterocycles. The highest BCUT2D eigenvalue weighted by Gasteiger charge is 2.53. The van der Waals surface area contributed by atoms with Crippen LogP contribution in [0.15, 0.2) is 0 Å². The number of hydrogen-bond acceptors (Lipinski definition) is 5. The molecule has 0 radical (unpaired) electrons. The molecule has 1 amide bonds. The van der Waals surface area contributed by atoms with Crippen LogP contribution >= 0.6 is 0 Å². The van der Waals surface area contributed by atoms with Crippen LogP contribution in [0.3, 0.4) is 0 Å². The Labute approximate surface area is 113 Å². The van der Waals surface area contributed by atoms with Crippen LogP contribution in [-0.2, 0) is 14.3 Å². The molecule has 2 aliphatic rings. The maximum Gasteiger partial charge on any atom is 0.410 e. The first-order valence-electron chi connectivity index (χ1n) is 6.63. The smallest absolute Gasteiger partial charge is 0.410 e. The van der Waals surface area contributed by atoms with E-state index in [2.05, 4.69) is 0 Å². The zero-order valence-electron chi connectivity index (χ0n) is 11.8. The van der Waals surface area contributed by atoms with Crippen LogP contribution in [0.2, 0.25) is 0 Å². The van der Waals surface area contributed by atoms with E-state index < -0.39 is 5.60 Å². The Kier molecular flexibility index (Phi) is 3.47. The van der Waals surface area contributed by atoms with Crippen molar-refractivity contribution in [3.8, 4) is 0 Å². The molecule has 2 unspecified atom stereocenters. The molecule has 6 heteroatoms. The highest BCUT2D eigenvalue weighted by Crippen LogP contribution is 2.43. The lowest BCUT2D eigenvalue weighted by atomic mass is 9.80. The van der Waals surface area contributed by atoms with E-state index in [9.17, 15) is 9.59 Å². The van der Waals surface area contributed by atoms with Crippen molar-refractivity contribution in [3.05, 3.63) is 0 Å². The summed E-state index contributed by atoms with van der Waals surface area (Å²) in [6.45, 7) is 6.87. The van der Waals surface area contributed by atoms with Crippen LogP contribution in [0.5, 0.6) is 0 Å². The Morgan fingerprint density at radius 2 is 2.26 bits per heavy atom. The van der Waals surface area contributed by atoms with E-state index in [1.54, 1.807) is 4.90 Å². The summed E-state index contributed by atoms with van der Waals surface area (Å²) in [5, 5.41) is 0. The van der Waals surface area contributed by atoms with Gasteiger partial charge >= 0.3 is 12.1 Å². The van der Waals surface area contributed by atoms with Gasteiger partial charge in [0.1, 0.15) is 11.7 Å². The summed E-state index contributed by atoms with van der Waals surface area (Å²) in [4.78, 5) is 25.1. The normalized spacial score (nSPS) is 30.8. The van der Waals surface area contributed by atoms with Crippen molar-refractivity contribution in [1.29, 1.82) is 0 Å². The van der Waals surface area contributed by atoms with Crippen molar-refractivity contribution in [2.24, 2.45) is 11.1 Å². The molecular weight excluding hydrogens is 248 g/mol. The van der Waals surface area contributed by atoms with Gasteiger partial charge in [0.15, 0.2) is 0 Å². The van der Waals surface area contributed by atoms with Crippen LogP contribution < -0.4 is 5.73 Å². The molecule has 0 aromatic rings. The molecule has 2 heterocycles. The molecule has 19 heavy (non-hydrogen) atoms. The van der Waals surface area contributed by atoms with Crippen LogP contribution in [-0.4, -0.2) is 48.3 Å². The number of likely N-dealkylation sites (tertiary alicyclic amines) is 1. The second-order valence-electron chi connectivity index (χ2n) is 6.41. The summed E-state index contributed by atoms with van der Waals surface area (Å²) in [6, 6.07) is 0. The molecule has 1 spiro atoms. The van der Waals surface area contributed by atoms with E-state index in [-0.39, 0.29) is 23.6 Å². The number of nitrogens with zero attached hydrogens (tertiary/aromatic N) is 1. The molecule has 2 rings (SSSR count). The van der Waals surface area contributed by atoms with Crippen LogP contribution in [0.4, 0.5) is 4.79 Å². The van der Waals surface area contributed by atoms with Gasteiger partial charge in [0, 0.05) is 25.0 Å². The quantitative estimate of drug-likeness (QED) is 0.715. The lowest BCUT2D eigenvalue weighted by Crippen LogP contribution is -2.41. The summed E-state index contributed by atoms with van der Waals surface area (Å²) in [6.07, 6.45) is 0.459. The highest BCUT2D eigenvalue weighted by molar-refractivity contribution is 5.74. The topological polar surface area (TPSA) is 81.9 Å². The third kappa shape index (κ3) is 2.83. The molecule has 0 saturated carbocycles. The van der Waals surface area contributed by atoms with Crippen LogP contribution in [0, 0.1) is 5.41 Å². The number of carbonyl (C=O) groups excluding carboxylic acids is 2. The minimum absolute atomic E-state index is 0.221. The number of nitrogens with two attached hydrogens (primary N) is 1. The molecule has 2 atom stereocenters. The number of hydrogen-bond donors (Lipinski definition) is 1. The number of rotatable bonds is 1. The summed E-state index contributed by atoms with van der Waals surface area (Å²) in [5.74, 6) is -0.221. The lowest BCUT2D eigenvalue weighted by molar-refractivity contribution is -0.141. The first-order valence-corrected chi connectivity index (χ1v) is 6.63. The molecule has 2 fully saturated rings. The molecule has 2 saturated heterocycles. The van der Waals surface area contributed by atoms with Gasteiger partial charge in [0.25, 0.3) is 0 Å². The number of carbonyl (C=O) groups is 2. The van der Waals surface area contributed by atoms with Crippen LogP contribution in [0.1, 0.15) is 33.6 Å². The number of ether oxygens (including phenoxy) is 2. The average Bonchev–Trinajstić information content (AvgIpc) is 2.81. The van der Waals surface area contributed by atoms with Crippen molar-refractivity contribution in [2.45, 2.75) is 45.3 Å². The van der Waals surface area contributed by atoms with Crippen molar-refractivity contribution in [1.82, 2.24) is 4.90 Å². The lowest BCUT2D eigenvalue weighted by Gasteiger charge is -2.28. The van der Waals surface area contributed by atoms with E-state index >= 15 is 0 Å². The van der Waals surface area contributed by atoms with Crippen LogP contribution in [0.25, 0.3) is 0 Å². The maximum absolute atomic E-state index is 12.0. The molecule has 6 nitrogen and oxygen atoms in total. The standard InChI is InChI=1S/C13H22N2O4/c1-12(2,3)19-11(17)15-5-4-13(8-15)6-10(16)18-9(13)7-14/h9H,4-8,14H2,1-3H3. The first-order chi connectivity index (χ1) is 8.76.